The highest BCUT2D eigenvalue weighted by molar-refractivity contribution is 5.93. The van der Waals surface area contributed by atoms with Crippen molar-refractivity contribution < 1.29 is 4.79 Å². The van der Waals surface area contributed by atoms with Crippen LogP contribution in [0.1, 0.15) is 53.3 Å². The molecule has 1 N–H and O–H groups in total. The number of aryl methyl sites for hydroxylation is 2. The van der Waals surface area contributed by atoms with Crippen LogP contribution in [0.25, 0.3) is 0 Å². The Hall–Kier alpha value is -2.63. The molecule has 0 radical (unpaired) electrons. The van der Waals surface area contributed by atoms with Gasteiger partial charge in [0.05, 0.1) is 23.5 Å². The molecule has 0 atom stereocenters. The second-order valence-electron chi connectivity index (χ2n) is 7.13. The minimum atomic E-state index is -0.213. The molecule has 1 fully saturated rings. The van der Waals surface area contributed by atoms with Gasteiger partial charge in [0.1, 0.15) is 5.69 Å². The van der Waals surface area contributed by atoms with Crippen LogP contribution in [0, 0.1) is 13.8 Å². The van der Waals surface area contributed by atoms with Gasteiger partial charge in [-0.05, 0) is 51.7 Å². The van der Waals surface area contributed by atoms with Crippen molar-refractivity contribution in [3.05, 3.63) is 60.2 Å². The van der Waals surface area contributed by atoms with Gasteiger partial charge < -0.3 is 4.90 Å². The fraction of sp³-hybridized carbons (Fsp3) is 0.450. The number of amides is 1. The molecule has 6 heteroatoms. The highest BCUT2D eigenvalue weighted by Gasteiger charge is 2.42. The van der Waals surface area contributed by atoms with E-state index in [0.29, 0.717) is 12.2 Å². The molecule has 0 aliphatic carbocycles. The number of nitrogens with one attached hydrogen (secondary N) is 1. The number of rotatable bonds is 7. The van der Waals surface area contributed by atoms with Crippen LogP contribution in [0.15, 0.2) is 37.4 Å². The van der Waals surface area contributed by atoms with Gasteiger partial charge in [-0.2, -0.15) is 10.2 Å². The second kappa shape index (κ2) is 7.32. The van der Waals surface area contributed by atoms with Gasteiger partial charge in [0.25, 0.3) is 5.91 Å². The van der Waals surface area contributed by atoms with E-state index >= 15 is 0 Å². The molecule has 0 bridgehead atoms. The van der Waals surface area contributed by atoms with Crippen LogP contribution in [-0.2, 0) is 6.54 Å². The zero-order valence-corrected chi connectivity index (χ0v) is 15.7. The molecule has 0 saturated carbocycles. The van der Waals surface area contributed by atoms with Crippen molar-refractivity contribution in [2.24, 2.45) is 0 Å². The third-order valence-electron chi connectivity index (χ3n) is 5.16. The molecule has 0 aromatic carbocycles. The van der Waals surface area contributed by atoms with E-state index in [2.05, 4.69) is 28.5 Å². The third kappa shape index (κ3) is 3.36. The Kier molecular flexibility index (Phi) is 5.11. The van der Waals surface area contributed by atoms with Crippen LogP contribution in [0.2, 0.25) is 0 Å². The molecule has 2 aromatic rings. The molecule has 0 spiro atoms. The molecule has 1 aliphatic rings. The average molecular weight is 353 g/mol. The van der Waals surface area contributed by atoms with Crippen LogP contribution in [0.3, 0.4) is 0 Å². The van der Waals surface area contributed by atoms with Crippen LogP contribution in [0.4, 0.5) is 0 Å². The summed E-state index contributed by atoms with van der Waals surface area (Å²) in [4.78, 5) is 15.1. The standard InChI is InChI=1S/C20H27N5O/c1-5-8-20(9-6-2)10-7-11-24(20)19(26)18-13-17(21-22-18)14-25-16(4)12-15(3)23-25/h5-6,12-13H,1-2,7-11,14H2,3-4H3,(H,21,22). The lowest BCUT2D eigenvalue weighted by molar-refractivity contribution is 0.0595. The number of H-pyrrole nitrogens is 1. The van der Waals surface area contributed by atoms with Gasteiger partial charge in [-0.15, -0.1) is 13.2 Å². The van der Waals surface area contributed by atoms with Gasteiger partial charge in [0.15, 0.2) is 0 Å². The van der Waals surface area contributed by atoms with Crippen molar-refractivity contribution >= 4 is 5.91 Å². The van der Waals surface area contributed by atoms with Gasteiger partial charge in [0.2, 0.25) is 0 Å². The van der Waals surface area contributed by atoms with Crippen LogP contribution < -0.4 is 0 Å². The number of carbonyl (C=O) groups is 1. The topological polar surface area (TPSA) is 66.8 Å². The molecular weight excluding hydrogens is 326 g/mol. The van der Waals surface area contributed by atoms with Crippen LogP contribution >= 0.6 is 0 Å². The molecule has 26 heavy (non-hydrogen) atoms. The van der Waals surface area contributed by atoms with Gasteiger partial charge in [-0.1, -0.05) is 12.2 Å². The predicted octanol–water partition coefficient (Wildman–Crippen LogP) is 3.40. The minimum absolute atomic E-state index is 0.0259. The summed E-state index contributed by atoms with van der Waals surface area (Å²) in [7, 11) is 0. The zero-order valence-electron chi connectivity index (χ0n) is 15.7. The summed E-state index contributed by atoms with van der Waals surface area (Å²) in [6.45, 7) is 13.1. The van der Waals surface area contributed by atoms with Crippen molar-refractivity contribution in [3.8, 4) is 0 Å². The first-order valence-corrected chi connectivity index (χ1v) is 9.08. The average Bonchev–Trinajstić information content (AvgIpc) is 3.28. The van der Waals surface area contributed by atoms with Gasteiger partial charge in [0, 0.05) is 12.2 Å². The number of aromatic nitrogens is 4. The summed E-state index contributed by atoms with van der Waals surface area (Å²) in [5, 5.41) is 11.7. The number of nitrogens with zero attached hydrogens (tertiary/aromatic N) is 4. The number of aromatic amines is 1. The Labute approximate surface area is 154 Å². The Morgan fingerprint density at radius 3 is 2.65 bits per heavy atom. The molecule has 2 aromatic heterocycles. The van der Waals surface area contributed by atoms with Crippen molar-refractivity contribution in [2.75, 3.05) is 6.54 Å². The summed E-state index contributed by atoms with van der Waals surface area (Å²) in [6.07, 6.45) is 7.31. The summed E-state index contributed by atoms with van der Waals surface area (Å²) in [5.41, 5.74) is 3.18. The van der Waals surface area contributed by atoms with Crippen molar-refractivity contribution in [3.63, 3.8) is 0 Å². The van der Waals surface area contributed by atoms with Crippen molar-refractivity contribution in [2.45, 2.75) is 51.6 Å². The zero-order chi connectivity index (χ0) is 18.7. The predicted molar refractivity (Wildman–Crippen MR) is 102 cm³/mol. The fourth-order valence-electron chi connectivity index (χ4n) is 3.99. The largest absolute Gasteiger partial charge is 0.331 e. The summed E-state index contributed by atoms with van der Waals surface area (Å²) < 4.78 is 1.91. The molecule has 1 aliphatic heterocycles. The van der Waals surface area contributed by atoms with E-state index in [-0.39, 0.29) is 11.4 Å². The molecule has 1 saturated heterocycles. The van der Waals surface area contributed by atoms with E-state index in [9.17, 15) is 4.79 Å². The molecule has 3 rings (SSSR count). The number of hydrogen-bond donors (Lipinski definition) is 1. The van der Waals surface area contributed by atoms with E-state index in [1.807, 2.05) is 47.7 Å². The lowest BCUT2D eigenvalue weighted by atomic mass is 9.88. The molecule has 138 valence electrons. The highest BCUT2D eigenvalue weighted by atomic mass is 16.2. The van der Waals surface area contributed by atoms with Crippen LogP contribution in [-0.4, -0.2) is 42.9 Å². The molecule has 1 amide bonds. The summed E-state index contributed by atoms with van der Waals surface area (Å²) in [6, 6.07) is 3.87. The van der Waals surface area contributed by atoms with Crippen molar-refractivity contribution in [1.29, 1.82) is 0 Å². The number of carbonyl (C=O) groups excluding carboxylic acids is 1. The molecule has 3 heterocycles. The maximum atomic E-state index is 13.1. The first-order chi connectivity index (χ1) is 12.5. The number of hydrogen-bond acceptors (Lipinski definition) is 3. The summed E-state index contributed by atoms with van der Waals surface area (Å²) in [5.74, 6) is -0.0259. The van der Waals surface area contributed by atoms with E-state index < -0.39 is 0 Å². The Morgan fingerprint density at radius 2 is 2.04 bits per heavy atom. The Morgan fingerprint density at radius 1 is 1.31 bits per heavy atom. The maximum Gasteiger partial charge on any atom is 0.274 e. The first-order valence-electron chi connectivity index (χ1n) is 9.08. The quantitative estimate of drug-likeness (QED) is 0.776. The number of likely N-dealkylation sites (tertiary alicyclic amines) is 1. The molecule has 6 nitrogen and oxygen atoms in total. The van der Waals surface area contributed by atoms with Crippen LogP contribution in [0.5, 0.6) is 0 Å². The maximum absolute atomic E-state index is 13.1. The third-order valence-corrected chi connectivity index (χ3v) is 5.16. The fourth-order valence-corrected chi connectivity index (χ4v) is 3.99. The molecule has 0 unspecified atom stereocenters. The lowest BCUT2D eigenvalue weighted by Gasteiger charge is -2.37. The summed E-state index contributed by atoms with van der Waals surface area (Å²) >= 11 is 0. The van der Waals surface area contributed by atoms with E-state index in [1.54, 1.807) is 0 Å². The Balaban J connectivity index is 1.79. The normalized spacial score (nSPS) is 16.0. The monoisotopic (exact) mass is 353 g/mol. The second-order valence-corrected chi connectivity index (χ2v) is 7.13. The lowest BCUT2D eigenvalue weighted by Crippen LogP contribution is -2.47. The van der Waals surface area contributed by atoms with E-state index in [1.165, 1.54) is 0 Å². The van der Waals surface area contributed by atoms with E-state index in [0.717, 1.165) is 49.3 Å². The van der Waals surface area contributed by atoms with Crippen molar-refractivity contribution in [1.82, 2.24) is 24.9 Å². The Bertz CT molecular complexity index is 806. The van der Waals surface area contributed by atoms with Gasteiger partial charge >= 0.3 is 0 Å². The highest BCUT2D eigenvalue weighted by Crippen LogP contribution is 2.37. The van der Waals surface area contributed by atoms with Gasteiger partial charge in [-0.3, -0.25) is 14.6 Å². The minimum Gasteiger partial charge on any atom is -0.331 e. The molecular formula is C20H27N5O. The SMILES string of the molecule is C=CCC1(CC=C)CCCN1C(=O)c1cc(Cn2nc(C)cc2C)[nH]n1. The van der Waals surface area contributed by atoms with E-state index in [4.69, 9.17) is 0 Å². The van der Waals surface area contributed by atoms with Gasteiger partial charge in [-0.25, -0.2) is 0 Å². The first kappa shape index (κ1) is 18.2. The smallest absolute Gasteiger partial charge is 0.274 e.